The van der Waals surface area contributed by atoms with Gasteiger partial charge in [0.15, 0.2) is 0 Å². The van der Waals surface area contributed by atoms with Gasteiger partial charge in [-0.3, -0.25) is 29.3 Å². The largest absolute Gasteiger partial charge is 0.357 e. The van der Waals surface area contributed by atoms with E-state index in [9.17, 15) is 14.4 Å². The predicted molar refractivity (Wildman–Crippen MR) is 114 cm³/mol. The van der Waals surface area contributed by atoms with Gasteiger partial charge < -0.3 is 10.2 Å². The summed E-state index contributed by atoms with van der Waals surface area (Å²) >= 11 is 0. The fourth-order valence-electron chi connectivity index (χ4n) is 4.15. The number of hydrogen-bond donors (Lipinski definition) is 1. The highest BCUT2D eigenvalue weighted by Crippen LogP contribution is 2.38. The number of carbonyl (C=O) groups is 3. The highest BCUT2D eigenvalue weighted by atomic mass is 16.2. The van der Waals surface area contributed by atoms with Crippen LogP contribution in [0.1, 0.15) is 31.4 Å². The maximum atomic E-state index is 12.8. The molecule has 0 saturated heterocycles. The maximum Gasteiger partial charge on any atom is 0.277 e. The van der Waals surface area contributed by atoms with E-state index < -0.39 is 0 Å². The summed E-state index contributed by atoms with van der Waals surface area (Å²) in [6, 6.07) is 7.54. The molecule has 4 heterocycles. The number of imide groups is 1. The molecular formula is C23H23N5O3. The Bertz CT molecular complexity index is 1090. The Labute approximate surface area is 180 Å². The number of amides is 3. The van der Waals surface area contributed by atoms with Gasteiger partial charge in [-0.15, -0.1) is 0 Å². The maximum absolute atomic E-state index is 12.8. The second kappa shape index (κ2) is 7.61. The summed E-state index contributed by atoms with van der Waals surface area (Å²) in [7, 11) is 0. The molecule has 1 aliphatic carbocycles. The van der Waals surface area contributed by atoms with Gasteiger partial charge in [0.25, 0.3) is 11.8 Å². The number of aryl methyl sites for hydroxylation is 1. The van der Waals surface area contributed by atoms with Gasteiger partial charge in [-0.1, -0.05) is 0 Å². The summed E-state index contributed by atoms with van der Waals surface area (Å²) < 4.78 is 0. The number of nitrogens with zero attached hydrogens (tertiary/aromatic N) is 4. The van der Waals surface area contributed by atoms with Crippen LogP contribution < -0.4 is 5.32 Å². The molecule has 8 heteroatoms. The van der Waals surface area contributed by atoms with E-state index in [1.54, 1.807) is 23.4 Å². The van der Waals surface area contributed by atoms with Gasteiger partial charge in [-0.2, -0.15) is 0 Å². The lowest BCUT2D eigenvalue weighted by atomic mass is 10.0. The molecule has 0 atom stereocenters. The SMILES string of the molecule is Cc1ccc(-c2ccc(NC(=O)CN3CCCC4=C3C(=O)N(C3CC3)C4=O)cn2)cn1. The summed E-state index contributed by atoms with van der Waals surface area (Å²) in [5.41, 5.74) is 4.17. The molecule has 0 spiro atoms. The Morgan fingerprint density at radius 2 is 1.94 bits per heavy atom. The molecule has 1 saturated carbocycles. The first kappa shape index (κ1) is 19.4. The average Bonchev–Trinajstić information content (AvgIpc) is 3.56. The lowest BCUT2D eigenvalue weighted by Gasteiger charge is -2.28. The Kier molecular flexibility index (Phi) is 4.77. The number of hydrogen-bond acceptors (Lipinski definition) is 6. The number of nitrogens with one attached hydrogen (secondary N) is 1. The molecule has 0 bridgehead atoms. The van der Waals surface area contributed by atoms with E-state index in [-0.39, 0.29) is 30.3 Å². The Morgan fingerprint density at radius 3 is 2.61 bits per heavy atom. The molecule has 8 nitrogen and oxygen atoms in total. The molecule has 0 aromatic carbocycles. The Hall–Kier alpha value is -3.55. The van der Waals surface area contributed by atoms with Gasteiger partial charge in [0.05, 0.1) is 24.1 Å². The highest BCUT2D eigenvalue weighted by molar-refractivity contribution is 6.19. The van der Waals surface area contributed by atoms with Crippen molar-refractivity contribution in [1.82, 2.24) is 19.8 Å². The minimum absolute atomic E-state index is 0.0278. The van der Waals surface area contributed by atoms with Crippen LogP contribution in [0.15, 0.2) is 47.9 Å². The molecular weight excluding hydrogens is 394 g/mol. The quantitative estimate of drug-likeness (QED) is 0.750. The van der Waals surface area contributed by atoms with Gasteiger partial charge in [0.2, 0.25) is 5.91 Å². The van der Waals surface area contributed by atoms with Crippen molar-refractivity contribution < 1.29 is 14.4 Å². The van der Waals surface area contributed by atoms with E-state index in [4.69, 9.17) is 0 Å². The normalized spacial score (nSPS) is 18.5. The van der Waals surface area contributed by atoms with Crippen LogP contribution in [0, 0.1) is 6.92 Å². The van der Waals surface area contributed by atoms with Crippen LogP contribution in [0.25, 0.3) is 11.3 Å². The van der Waals surface area contributed by atoms with Gasteiger partial charge in [0, 0.05) is 35.6 Å². The Morgan fingerprint density at radius 1 is 1.10 bits per heavy atom. The number of aromatic nitrogens is 2. The zero-order valence-electron chi connectivity index (χ0n) is 17.3. The van der Waals surface area contributed by atoms with Crippen molar-refractivity contribution in [2.24, 2.45) is 0 Å². The molecule has 2 aromatic rings. The van der Waals surface area contributed by atoms with E-state index in [0.717, 1.165) is 36.2 Å². The topological polar surface area (TPSA) is 95.5 Å². The van der Waals surface area contributed by atoms with Crippen LogP contribution in [0.5, 0.6) is 0 Å². The molecule has 3 amide bonds. The van der Waals surface area contributed by atoms with Crippen molar-refractivity contribution in [3.05, 3.63) is 53.6 Å². The third-order valence-corrected chi connectivity index (χ3v) is 5.86. The van der Waals surface area contributed by atoms with E-state index in [1.807, 2.05) is 25.1 Å². The first-order valence-electron chi connectivity index (χ1n) is 10.6. The van der Waals surface area contributed by atoms with Crippen molar-refractivity contribution in [3.63, 3.8) is 0 Å². The van der Waals surface area contributed by atoms with E-state index in [2.05, 4.69) is 15.3 Å². The third-order valence-electron chi connectivity index (χ3n) is 5.86. The molecule has 31 heavy (non-hydrogen) atoms. The number of carbonyl (C=O) groups excluding carboxylic acids is 3. The summed E-state index contributed by atoms with van der Waals surface area (Å²) in [5, 5.41) is 2.84. The van der Waals surface area contributed by atoms with Crippen molar-refractivity contribution in [3.8, 4) is 11.3 Å². The predicted octanol–water partition coefficient (Wildman–Crippen LogP) is 2.27. The monoisotopic (exact) mass is 417 g/mol. The van der Waals surface area contributed by atoms with Gasteiger partial charge in [-0.25, -0.2) is 0 Å². The molecule has 5 rings (SSSR count). The van der Waals surface area contributed by atoms with E-state index in [1.165, 1.54) is 4.90 Å². The van der Waals surface area contributed by atoms with Crippen molar-refractivity contribution >= 4 is 23.4 Å². The van der Waals surface area contributed by atoms with Gasteiger partial charge in [-0.05, 0) is 56.9 Å². The second-order valence-corrected chi connectivity index (χ2v) is 8.23. The molecule has 3 aliphatic rings. The van der Waals surface area contributed by atoms with Crippen molar-refractivity contribution in [2.75, 3.05) is 18.4 Å². The van der Waals surface area contributed by atoms with Gasteiger partial charge >= 0.3 is 0 Å². The van der Waals surface area contributed by atoms with Gasteiger partial charge in [0.1, 0.15) is 5.70 Å². The zero-order chi connectivity index (χ0) is 21.5. The minimum atomic E-state index is -0.245. The van der Waals surface area contributed by atoms with E-state index in [0.29, 0.717) is 29.9 Å². The van der Waals surface area contributed by atoms with E-state index >= 15 is 0 Å². The number of pyridine rings is 2. The summed E-state index contributed by atoms with van der Waals surface area (Å²) in [5.74, 6) is -0.656. The lowest BCUT2D eigenvalue weighted by Crippen LogP contribution is -2.40. The zero-order valence-corrected chi connectivity index (χ0v) is 17.3. The van der Waals surface area contributed by atoms with Crippen LogP contribution in [0.4, 0.5) is 5.69 Å². The third kappa shape index (κ3) is 3.69. The fraction of sp³-hybridized carbons (Fsp3) is 0.348. The second-order valence-electron chi connectivity index (χ2n) is 8.23. The van der Waals surface area contributed by atoms with Crippen LogP contribution in [-0.2, 0) is 14.4 Å². The number of anilines is 1. The summed E-state index contributed by atoms with van der Waals surface area (Å²) in [6.45, 7) is 2.54. The van der Waals surface area contributed by atoms with Crippen molar-refractivity contribution in [2.45, 2.75) is 38.6 Å². The average molecular weight is 417 g/mol. The number of rotatable bonds is 5. The molecule has 1 N–H and O–H groups in total. The molecule has 0 radical (unpaired) electrons. The first-order chi connectivity index (χ1) is 15.0. The summed E-state index contributed by atoms with van der Waals surface area (Å²) in [6.07, 6.45) is 6.47. The van der Waals surface area contributed by atoms with Crippen LogP contribution in [0.2, 0.25) is 0 Å². The molecule has 0 unspecified atom stereocenters. The fourth-order valence-corrected chi connectivity index (χ4v) is 4.15. The van der Waals surface area contributed by atoms with Crippen LogP contribution in [-0.4, -0.2) is 56.6 Å². The standard InChI is InChI=1S/C23H23N5O3/c1-14-4-5-15(11-24-14)19-9-6-16(12-25-19)26-20(29)13-27-10-2-3-18-21(27)23(31)28(22(18)30)17-7-8-17/h4-6,9,11-12,17H,2-3,7-8,10,13H2,1H3,(H,26,29). The molecule has 158 valence electrons. The lowest BCUT2D eigenvalue weighted by molar-refractivity contribution is -0.138. The highest BCUT2D eigenvalue weighted by Gasteiger charge is 2.48. The molecule has 1 fully saturated rings. The van der Waals surface area contributed by atoms with Crippen LogP contribution in [0.3, 0.4) is 0 Å². The summed E-state index contributed by atoms with van der Waals surface area (Å²) in [4.78, 5) is 49.9. The minimum Gasteiger partial charge on any atom is -0.357 e. The molecule has 2 aromatic heterocycles. The molecule has 2 aliphatic heterocycles. The van der Waals surface area contributed by atoms with Crippen LogP contribution >= 0.6 is 0 Å². The van der Waals surface area contributed by atoms with Crippen molar-refractivity contribution in [1.29, 1.82) is 0 Å². The smallest absolute Gasteiger partial charge is 0.277 e. The Balaban J connectivity index is 1.26. The first-order valence-corrected chi connectivity index (χ1v) is 10.6.